The topological polar surface area (TPSA) is 47.6 Å². The molecular formula is C15H12Br2FNO3. The summed E-state index contributed by atoms with van der Waals surface area (Å²) in [6.45, 7) is 0. The van der Waals surface area contributed by atoms with Gasteiger partial charge in [-0.05, 0) is 46.3 Å². The van der Waals surface area contributed by atoms with E-state index in [1.165, 1.54) is 32.4 Å². The highest BCUT2D eigenvalue weighted by molar-refractivity contribution is 9.10. The maximum Gasteiger partial charge on any atom is 0.255 e. The van der Waals surface area contributed by atoms with Crippen LogP contribution in [0.4, 0.5) is 10.1 Å². The molecule has 2 aromatic rings. The van der Waals surface area contributed by atoms with E-state index in [2.05, 4.69) is 37.2 Å². The average molecular weight is 433 g/mol. The molecule has 0 radical (unpaired) electrons. The number of carbonyl (C=O) groups is 1. The molecule has 1 amide bonds. The minimum Gasteiger partial charge on any atom is -0.493 e. The largest absolute Gasteiger partial charge is 0.493 e. The average Bonchev–Trinajstić information content (AvgIpc) is 2.49. The number of methoxy groups -OCH3 is 2. The monoisotopic (exact) mass is 431 g/mol. The molecule has 22 heavy (non-hydrogen) atoms. The van der Waals surface area contributed by atoms with E-state index in [0.29, 0.717) is 26.0 Å². The fourth-order valence-corrected chi connectivity index (χ4v) is 2.77. The number of anilines is 1. The normalized spacial score (nSPS) is 10.2. The Kier molecular flexibility index (Phi) is 5.42. The van der Waals surface area contributed by atoms with Crippen molar-refractivity contribution in [2.24, 2.45) is 0 Å². The first-order valence-corrected chi connectivity index (χ1v) is 7.72. The molecule has 0 bridgehead atoms. The summed E-state index contributed by atoms with van der Waals surface area (Å²) < 4.78 is 25.3. The van der Waals surface area contributed by atoms with E-state index in [0.717, 1.165) is 0 Å². The number of halogens is 3. The molecule has 2 rings (SSSR count). The van der Waals surface area contributed by atoms with E-state index in [1.807, 2.05) is 0 Å². The first-order chi connectivity index (χ1) is 10.5. The lowest BCUT2D eigenvalue weighted by molar-refractivity contribution is 0.102. The van der Waals surface area contributed by atoms with Crippen LogP contribution in [-0.4, -0.2) is 20.1 Å². The zero-order valence-corrected chi connectivity index (χ0v) is 14.9. The minimum atomic E-state index is -0.526. The summed E-state index contributed by atoms with van der Waals surface area (Å²) in [5.41, 5.74) is 0.408. The Balaban J connectivity index is 2.31. The summed E-state index contributed by atoms with van der Waals surface area (Å²) >= 11 is 6.47. The summed E-state index contributed by atoms with van der Waals surface area (Å²) in [5.74, 6) is -0.0997. The van der Waals surface area contributed by atoms with Gasteiger partial charge in [0.25, 0.3) is 5.91 Å². The van der Waals surface area contributed by atoms with Gasteiger partial charge in [-0.25, -0.2) is 4.39 Å². The number of hydrogen-bond donors (Lipinski definition) is 1. The highest BCUT2D eigenvalue weighted by atomic mass is 79.9. The molecule has 0 saturated heterocycles. The van der Waals surface area contributed by atoms with Crippen LogP contribution in [0.2, 0.25) is 0 Å². The van der Waals surface area contributed by atoms with E-state index < -0.39 is 11.7 Å². The Hall–Kier alpha value is -1.60. The second-order valence-electron chi connectivity index (χ2n) is 4.27. The molecule has 1 N–H and O–H groups in total. The molecule has 7 heteroatoms. The van der Waals surface area contributed by atoms with E-state index in [4.69, 9.17) is 9.47 Å². The van der Waals surface area contributed by atoms with Gasteiger partial charge in [-0.2, -0.15) is 0 Å². The van der Waals surface area contributed by atoms with E-state index >= 15 is 0 Å². The maximum atomic E-state index is 13.8. The number of carbonyl (C=O) groups excluding carboxylic acids is 1. The van der Waals surface area contributed by atoms with Gasteiger partial charge in [0.2, 0.25) is 0 Å². The molecule has 0 saturated carbocycles. The van der Waals surface area contributed by atoms with Crippen LogP contribution >= 0.6 is 31.9 Å². The van der Waals surface area contributed by atoms with Crippen LogP contribution in [0.5, 0.6) is 11.5 Å². The van der Waals surface area contributed by atoms with Crippen LogP contribution in [0.3, 0.4) is 0 Å². The van der Waals surface area contributed by atoms with Gasteiger partial charge >= 0.3 is 0 Å². The Bertz CT molecular complexity index is 722. The van der Waals surface area contributed by atoms with Crippen LogP contribution < -0.4 is 14.8 Å². The lowest BCUT2D eigenvalue weighted by Gasteiger charge is -2.12. The first kappa shape index (κ1) is 16.8. The van der Waals surface area contributed by atoms with Crippen molar-refractivity contribution in [3.8, 4) is 11.5 Å². The Morgan fingerprint density at radius 3 is 2.45 bits per heavy atom. The van der Waals surface area contributed by atoms with Gasteiger partial charge in [0.1, 0.15) is 5.82 Å². The van der Waals surface area contributed by atoms with E-state index in [1.54, 1.807) is 12.1 Å². The van der Waals surface area contributed by atoms with Gasteiger partial charge in [-0.1, -0.05) is 15.9 Å². The molecule has 0 aromatic heterocycles. The SMILES string of the molecule is COc1cc(C(=O)Nc2ccc(Br)cc2F)cc(Br)c1OC. The standard InChI is InChI=1S/C15H12Br2FNO3/c1-21-13-6-8(5-10(17)14(13)22-2)15(20)19-12-4-3-9(16)7-11(12)18/h3-7H,1-2H3,(H,19,20). The van der Waals surface area contributed by atoms with Crippen molar-refractivity contribution in [1.29, 1.82) is 0 Å². The van der Waals surface area contributed by atoms with Crippen molar-refractivity contribution in [2.45, 2.75) is 0 Å². The molecule has 2 aromatic carbocycles. The third-order valence-electron chi connectivity index (χ3n) is 2.88. The molecule has 0 aliphatic carbocycles. The number of hydrogen-bond acceptors (Lipinski definition) is 3. The molecule has 0 aliphatic heterocycles. The van der Waals surface area contributed by atoms with Crippen molar-refractivity contribution in [3.05, 3.63) is 50.7 Å². The predicted molar refractivity (Wildman–Crippen MR) is 89.3 cm³/mol. The molecule has 0 spiro atoms. The van der Waals surface area contributed by atoms with Crippen LogP contribution in [0.25, 0.3) is 0 Å². The quantitative estimate of drug-likeness (QED) is 0.766. The fourth-order valence-electron chi connectivity index (χ4n) is 1.83. The fraction of sp³-hybridized carbons (Fsp3) is 0.133. The highest BCUT2D eigenvalue weighted by Crippen LogP contribution is 2.36. The minimum absolute atomic E-state index is 0.0964. The third kappa shape index (κ3) is 3.59. The smallest absolute Gasteiger partial charge is 0.255 e. The number of ether oxygens (including phenoxy) is 2. The lowest BCUT2D eigenvalue weighted by atomic mass is 10.1. The van der Waals surface area contributed by atoms with Gasteiger partial charge in [0, 0.05) is 10.0 Å². The van der Waals surface area contributed by atoms with Gasteiger partial charge in [-0.3, -0.25) is 4.79 Å². The number of benzene rings is 2. The summed E-state index contributed by atoms with van der Waals surface area (Å²) in [6.07, 6.45) is 0. The van der Waals surface area contributed by atoms with Crippen LogP contribution in [0.1, 0.15) is 10.4 Å². The zero-order valence-electron chi connectivity index (χ0n) is 11.7. The number of amides is 1. The summed E-state index contributed by atoms with van der Waals surface area (Å²) in [6, 6.07) is 7.50. The van der Waals surface area contributed by atoms with Gasteiger partial charge < -0.3 is 14.8 Å². The zero-order chi connectivity index (χ0) is 16.3. The Morgan fingerprint density at radius 1 is 1.14 bits per heavy atom. The molecule has 0 aliphatic rings. The summed E-state index contributed by atoms with van der Waals surface area (Å²) in [5, 5.41) is 2.52. The van der Waals surface area contributed by atoms with Crippen molar-refractivity contribution in [1.82, 2.24) is 0 Å². The highest BCUT2D eigenvalue weighted by Gasteiger charge is 2.16. The lowest BCUT2D eigenvalue weighted by Crippen LogP contribution is -2.13. The molecule has 0 fully saturated rings. The number of rotatable bonds is 4. The van der Waals surface area contributed by atoms with Crippen LogP contribution in [0, 0.1) is 5.82 Å². The van der Waals surface area contributed by atoms with Crippen molar-refractivity contribution < 1.29 is 18.7 Å². The third-order valence-corrected chi connectivity index (χ3v) is 3.96. The van der Waals surface area contributed by atoms with E-state index in [-0.39, 0.29) is 5.69 Å². The second-order valence-corrected chi connectivity index (χ2v) is 6.04. The predicted octanol–water partition coefficient (Wildman–Crippen LogP) is 4.62. The van der Waals surface area contributed by atoms with Crippen molar-refractivity contribution in [2.75, 3.05) is 19.5 Å². The van der Waals surface area contributed by atoms with Crippen LogP contribution in [-0.2, 0) is 0 Å². The van der Waals surface area contributed by atoms with Crippen molar-refractivity contribution in [3.63, 3.8) is 0 Å². The Labute approximate surface area is 143 Å². The van der Waals surface area contributed by atoms with Crippen LogP contribution in [0.15, 0.2) is 39.3 Å². The molecule has 0 atom stereocenters. The number of nitrogens with one attached hydrogen (secondary N) is 1. The second kappa shape index (κ2) is 7.11. The van der Waals surface area contributed by atoms with Gasteiger partial charge in [0.15, 0.2) is 11.5 Å². The first-order valence-electron chi connectivity index (χ1n) is 6.14. The van der Waals surface area contributed by atoms with Crippen molar-refractivity contribution >= 4 is 43.5 Å². The molecular weight excluding hydrogens is 421 g/mol. The van der Waals surface area contributed by atoms with Gasteiger partial charge in [0.05, 0.1) is 24.4 Å². The Morgan fingerprint density at radius 2 is 1.86 bits per heavy atom. The summed E-state index contributed by atoms with van der Waals surface area (Å²) in [4.78, 5) is 12.3. The van der Waals surface area contributed by atoms with E-state index in [9.17, 15) is 9.18 Å². The molecule has 0 unspecified atom stereocenters. The molecule has 0 heterocycles. The molecule has 4 nitrogen and oxygen atoms in total. The molecule has 116 valence electrons. The van der Waals surface area contributed by atoms with Gasteiger partial charge in [-0.15, -0.1) is 0 Å². The maximum absolute atomic E-state index is 13.8. The summed E-state index contributed by atoms with van der Waals surface area (Å²) in [7, 11) is 2.97.